The van der Waals surface area contributed by atoms with Crippen LogP contribution in [-0.2, 0) is 28.6 Å². The second-order valence-electron chi connectivity index (χ2n) is 12.2. The summed E-state index contributed by atoms with van der Waals surface area (Å²) in [7, 11) is -7.80. The molecule has 0 aliphatic heterocycles. The molecule has 0 radical (unpaired) electrons. The lowest BCUT2D eigenvalue weighted by atomic mass is 9.92. The maximum Gasteiger partial charge on any atom is 0.296 e. The molecule has 0 spiro atoms. The molecule has 0 fully saturated rings. The van der Waals surface area contributed by atoms with Crippen molar-refractivity contribution in [1.82, 2.24) is 0 Å². The van der Waals surface area contributed by atoms with Crippen LogP contribution < -0.4 is 9.47 Å². The summed E-state index contributed by atoms with van der Waals surface area (Å²) in [5, 5.41) is 3.79. The third-order valence-corrected chi connectivity index (χ3v) is 12.0. The predicted octanol–water partition coefficient (Wildman–Crippen LogP) is 10.2. The molecule has 0 amide bonds. The van der Waals surface area contributed by atoms with Crippen LogP contribution in [0.2, 0.25) is 0 Å². The van der Waals surface area contributed by atoms with Crippen molar-refractivity contribution < 1.29 is 34.7 Å². The molecule has 6 rings (SSSR count). The van der Waals surface area contributed by atoms with Gasteiger partial charge in [-0.15, -0.1) is 0 Å². The lowest BCUT2D eigenvalue weighted by molar-refractivity contribution is 0.249. The fourth-order valence-corrected chi connectivity index (χ4v) is 8.33. The minimum absolute atomic E-state index is 0.0512. The van der Waals surface area contributed by atoms with Gasteiger partial charge in [0.2, 0.25) is 0 Å². The van der Waals surface area contributed by atoms with Gasteiger partial charge in [-0.05, 0) is 96.1 Å². The number of aryl methyl sites for hydroxylation is 2. The Bertz CT molecular complexity index is 2260. The van der Waals surface area contributed by atoms with Crippen molar-refractivity contribution in [3.63, 3.8) is 0 Å². The second-order valence-corrected chi connectivity index (χ2v) is 17.3. The summed E-state index contributed by atoms with van der Waals surface area (Å²) in [4.78, 5) is 0.216. The van der Waals surface area contributed by atoms with Gasteiger partial charge in [-0.25, -0.2) is 0 Å². The van der Waals surface area contributed by atoms with E-state index in [4.69, 9.17) is 17.8 Å². The summed E-state index contributed by atoms with van der Waals surface area (Å²) in [6, 6.07) is 32.8. The maximum absolute atomic E-state index is 12.7. The van der Waals surface area contributed by atoms with Crippen molar-refractivity contribution in [3.8, 4) is 22.6 Å². The van der Waals surface area contributed by atoms with Crippen LogP contribution in [0.1, 0.15) is 24.0 Å². The van der Waals surface area contributed by atoms with Gasteiger partial charge in [-0.3, -0.25) is 8.37 Å². The number of halogens is 2. The largest absolute Gasteiger partial charge is 0.493 e. The zero-order valence-electron chi connectivity index (χ0n) is 28.5. The van der Waals surface area contributed by atoms with Gasteiger partial charge in [-0.1, -0.05) is 91.5 Å². The molecular weight excluding hydrogens is 832 g/mol. The topological polar surface area (TPSA) is 105 Å². The summed E-state index contributed by atoms with van der Waals surface area (Å²) in [5.41, 5.74) is 3.52. The van der Waals surface area contributed by atoms with Crippen molar-refractivity contribution in [2.24, 2.45) is 0 Å². The number of ether oxygens (including phenoxy) is 2. The molecule has 0 aliphatic carbocycles. The van der Waals surface area contributed by atoms with Gasteiger partial charge < -0.3 is 9.47 Å². The lowest BCUT2D eigenvalue weighted by Crippen LogP contribution is -2.11. The van der Waals surface area contributed by atoms with Gasteiger partial charge in [0.25, 0.3) is 20.2 Å². The highest BCUT2D eigenvalue weighted by Gasteiger charge is 2.21. The van der Waals surface area contributed by atoms with Crippen LogP contribution in [0.5, 0.6) is 11.5 Å². The van der Waals surface area contributed by atoms with Crippen molar-refractivity contribution in [3.05, 3.63) is 129 Å². The molecule has 0 aliphatic rings. The zero-order valence-corrected chi connectivity index (χ0v) is 33.3. The van der Waals surface area contributed by atoms with Gasteiger partial charge in [0.1, 0.15) is 11.5 Å². The first-order valence-corrected chi connectivity index (χ1v) is 20.9. The normalized spacial score (nSPS) is 12.0. The molecule has 0 saturated carbocycles. The number of hydrogen-bond donors (Lipinski definition) is 0. The highest BCUT2D eigenvalue weighted by atomic mass is 79.9. The minimum atomic E-state index is -3.90. The van der Waals surface area contributed by atoms with E-state index in [9.17, 15) is 16.8 Å². The van der Waals surface area contributed by atoms with Crippen LogP contribution in [0.3, 0.4) is 0 Å². The third kappa shape index (κ3) is 9.05. The standard InChI is InChI=1S/C40H36Br2O8S2/c1-27-5-13-33(14-6-27)51(43,44)49-23-3-21-47-37-19-9-29-25-31(41)11-17-35(29)39(37)40-36-18-12-32(42)26-30(36)10-20-38(40)48-22-4-24-50-52(45,46)34-15-7-28(2)8-16-34/h5-20,25-26H,3-4,21-24H2,1-2H3. The third-order valence-electron chi connectivity index (χ3n) is 8.33. The first kappa shape index (κ1) is 38.0. The molecule has 0 N–H and O–H groups in total. The summed E-state index contributed by atoms with van der Waals surface area (Å²) in [6.07, 6.45) is 0.639. The van der Waals surface area contributed by atoms with E-state index >= 15 is 0 Å². The van der Waals surface area contributed by atoms with Gasteiger partial charge in [-0.2, -0.15) is 16.8 Å². The van der Waals surface area contributed by atoms with E-state index in [1.165, 1.54) is 24.3 Å². The van der Waals surface area contributed by atoms with Crippen molar-refractivity contribution in [2.75, 3.05) is 26.4 Å². The molecule has 0 bridgehead atoms. The second kappa shape index (κ2) is 16.5. The molecular formula is C40H36Br2O8S2. The van der Waals surface area contributed by atoms with Crippen LogP contribution in [0.15, 0.2) is 128 Å². The molecule has 0 unspecified atom stereocenters. The fraction of sp³-hybridized carbons (Fsp3) is 0.200. The molecule has 6 aromatic rings. The molecule has 0 aromatic heterocycles. The molecule has 0 heterocycles. The molecule has 270 valence electrons. The van der Waals surface area contributed by atoms with Crippen molar-refractivity contribution >= 4 is 73.6 Å². The first-order valence-electron chi connectivity index (χ1n) is 16.5. The summed E-state index contributed by atoms with van der Waals surface area (Å²) < 4.78 is 76.1. The summed E-state index contributed by atoms with van der Waals surface area (Å²) >= 11 is 7.18. The number of rotatable bonds is 15. The minimum Gasteiger partial charge on any atom is -0.493 e. The molecule has 6 aromatic carbocycles. The monoisotopic (exact) mass is 866 g/mol. The highest BCUT2D eigenvalue weighted by Crippen LogP contribution is 2.46. The van der Waals surface area contributed by atoms with E-state index in [1.54, 1.807) is 24.3 Å². The van der Waals surface area contributed by atoms with Gasteiger partial charge in [0.05, 0.1) is 36.2 Å². The van der Waals surface area contributed by atoms with E-state index < -0.39 is 20.2 Å². The highest BCUT2D eigenvalue weighted by molar-refractivity contribution is 9.10. The number of hydrogen-bond acceptors (Lipinski definition) is 8. The first-order chi connectivity index (χ1) is 24.9. The molecule has 52 heavy (non-hydrogen) atoms. The zero-order chi connectivity index (χ0) is 36.9. The lowest BCUT2D eigenvalue weighted by Gasteiger charge is -2.20. The Balaban J connectivity index is 1.25. The Kier molecular flexibility index (Phi) is 12.0. The van der Waals surface area contributed by atoms with Crippen molar-refractivity contribution in [1.29, 1.82) is 0 Å². The van der Waals surface area contributed by atoms with E-state index in [2.05, 4.69) is 31.9 Å². The number of benzene rings is 6. The molecule has 0 saturated heterocycles. The van der Waals surface area contributed by atoms with Crippen molar-refractivity contribution in [2.45, 2.75) is 36.5 Å². The van der Waals surface area contributed by atoms with Gasteiger partial charge >= 0.3 is 0 Å². The molecule has 8 nitrogen and oxygen atoms in total. The Labute approximate surface area is 321 Å². The maximum atomic E-state index is 12.7. The summed E-state index contributed by atoms with van der Waals surface area (Å²) in [5.74, 6) is 1.17. The molecule has 0 atom stereocenters. The van der Waals surface area contributed by atoms with Crippen LogP contribution in [0, 0.1) is 13.8 Å². The Morgan fingerprint density at radius 2 is 0.865 bits per heavy atom. The SMILES string of the molecule is Cc1ccc(S(=O)(=O)OCCCOc2ccc3cc(Br)ccc3c2-c2c(OCCCOS(=O)(=O)c3ccc(C)cc3)ccc3cc(Br)ccc23)cc1. The Morgan fingerprint density at radius 3 is 1.25 bits per heavy atom. The van der Waals surface area contributed by atoms with Crippen LogP contribution in [0.25, 0.3) is 32.7 Å². The fourth-order valence-electron chi connectivity index (χ4n) is 5.68. The van der Waals surface area contributed by atoms with E-state index in [-0.39, 0.29) is 36.2 Å². The van der Waals surface area contributed by atoms with Gasteiger partial charge in [0.15, 0.2) is 0 Å². The van der Waals surface area contributed by atoms with Crippen LogP contribution >= 0.6 is 31.9 Å². The number of fused-ring (bicyclic) bond motifs is 2. The van der Waals surface area contributed by atoms with E-state index in [0.29, 0.717) is 24.3 Å². The smallest absolute Gasteiger partial charge is 0.296 e. The Morgan fingerprint density at radius 1 is 0.481 bits per heavy atom. The predicted molar refractivity (Wildman–Crippen MR) is 211 cm³/mol. The molecule has 12 heteroatoms. The van der Waals surface area contributed by atoms with Crippen LogP contribution in [0.4, 0.5) is 0 Å². The average molecular weight is 869 g/mol. The summed E-state index contributed by atoms with van der Waals surface area (Å²) in [6.45, 7) is 4.06. The Hall–Kier alpha value is -3.78. The van der Waals surface area contributed by atoms with Gasteiger partial charge in [0, 0.05) is 32.9 Å². The van der Waals surface area contributed by atoms with E-state index in [0.717, 1.165) is 52.7 Å². The average Bonchev–Trinajstić information content (AvgIpc) is 3.11. The van der Waals surface area contributed by atoms with Crippen LogP contribution in [-0.4, -0.2) is 43.3 Å². The van der Waals surface area contributed by atoms with E-state index in [1.807, 2.05) is 74.5 Å². The quantitative estimate of drug-likeness (QED) is 0.0742.